The molecule has 2 heterocycles. The Kier molecular flexibility index (Phi) is 7.09. The zero-order valence-corrected chi connectivity index (χ0v) is 15.8. The Bertz CT molecular complexity index is 604. The fourth-order valence-electron chi connectivity index (χ4n) is 1.74. The summed E-state index contributed by atoms with van der Waals surface area (Å²) in [6, 6.07) is 4.26. The molecule has 116 valence electrons. The minimum atomic E-state index is 0. The Morgan fingerprint density at radius 2 is 1.95 bits per heavy atom. The molecule has 0 saturated heterocycles. The maximum Gasteiger partial charge on any atom is 0.191 e. The number of aryl methyl sites for hydroxylation is 2. The Labute approximate surface area is 146 Å². The minimum absolute atomic E-state index is 0. The number of aliphatic imine (C=N–C) groups is 1. The standard InChI is InChI=1S/C13H20N6S.HI/c1-9-5-6-11(20-9)7-15-13(14-3)16-8-12-18-17-10(2)19(12)4;/h5-6H,7-8H2,1-4H3,(H2,14,15,16);1H. The molecule has 21 heavy (non-hydrogen) atoms. The first-order valence-electron chi connectivity index (χ1n) is 6.45. The summed E-state index contributed by atoms with van der Waals surface area (Å²) < 4.78 is 1.96. The van der Waals surface area contributed by atoms with E-state index in [0.29, 0.717) is 6.54 Å². The second kappa shape index (κ2) is 8.32. The Morgan fingerprint density at radius 3 is 2.48 bits per heavy atom. The largest absolute Gasteiger partial charge is 0.352 e. The number of nitrogens with zero attached hydrogens (tertiary/aromatic N) is 4. The van der Waals surface area contributed by atoms with Crippen molar-refractivity contribution in [2.24, 2.45) is 12.0 Å². The van der Waals surface area contributed by atoms with E-state index in [4.69, 9.17) is 0 Å². The predicted octanol–water partition coefficient (Wildman–Crippen LogP) is 1.98. The summed E-state index contributed by atoms with van der Waals surface area (Å²) in [7, 11) is 3.72. The van der Waals surface area contributed by atoms with Crippen LogP contribution in [0.5, 0.6) is 0 Å². The van der Waals surface area contributed by atoms with Crippen LogP contribution in [0.1, 0.15) is 21.4 Å². The summed E-state index contributed by atoms with van der Waals surface area (Å²) in [5.74, 6) is 2.55. The SMILES string of the molecule is CN=C(NCc1ccc(C)s1)NCc1nnc(C)n1C.I. The first kappa shape index (κ1) is 17.9. The lowest BCUT2D eigenvalue weighted by atomic mass is 10.4. The lowest BCUT2D eigenvalue weighted by Crippen LogP contribution is -2.36. The van der Waals surface area contributed by atoms with Crippen LogP contribution in [0.3, 0.4) is 0 Å². The van der Waals surface area contributed by atoms with Gasteiger partial charge in [0.2, 0.25) is 0 Å². The number of nitrogens with one attached hydrogen (secondary N) is 2. The molecule has 0 radical (unpaired) electrons. The Hall–Kier alpha value is -1.16. The van der Waals surface area contributed by atoms with E-state index < -0.39 is 0 Å². The molecule has 0 atom stereocenters. The van der Waals surface area contributed by atoms with Gasteiger partial charge in [-0.1, -0.05) is 0 Å². The van der Waals surface area contributed by atoms with E-state index in [1.165, 1.54) is 9.75 Å². The molecule has 0 bridgehead atoms. The van der Waals surface area contributed by atoms with Crippen LogP contribution >= 0.6 is 35.3 Å². The highest BCUT2D eigenvalue weighted by Gasteiger charge is 2.06. The molecule has 0 aliphatic heterocycles. The van der Waals surface area contributed by atoms with E-state index in [9.17, 15) is 0 Å². The molecule has 2 aromatic heterocycles. The molecule has 6 nitrogen and oxygen atoms in total. The summed E-state index contributed by atoms with van der Waals surface area (Å²) in [6.45, 7) is 5.41. The van der Waals surface area contributed by atoms with Crippen molar-refractivity contribution in [1.82, 2.24) is 25.4 Å². The van der Waals surface area contributed by atoms with Crippen LogP contribution in [0.2, 0.25) is 0 Å². The van der Waals surface area contributed by atoms with Gasteiger partial charge in [-0.15, -0.1) is 45.5 Å². The van der Waals surface area contributed by atoms with E-state index in [0.717, 1.165) is 24.2 Å². The molecule has 0 amide bonds. The predicted molar refractivity (Wildman–Crippen MR) is 97.2 cm³/mol. The third-order valence-electron chi connectivity index (χ3n) is 3.05. The van der Waals surface area contributed by atoms with Gasteiger partial charge < -0.3 is 15.2 Å². The van der Waals surface area contributed by atoms with Crippen LogP contribution < -0.4 is 10.6 Å². The van der Waals surface area contributed by atoms with Gasteiger partial charge in [0.15, 0.2) is 11.8 Å². The lowest BCUT2D eigenvalue weighted by molar-refractivity contribution is 0.718. The van der Waals surface area contributed by atoms with Gasteiger partial charge in [0.1, 0.15) is 5.82 Å². The second-order valence-corrected chi connectivity index (χ2v) is 5.89. The van der Waals surface area contributed by atoms with Crippen molar-refractivity contribution < 1.29 is 0 Å². The molecule has 0 fully saturated rings. The zero-order valence-electron chi connectivity index (χ0n) is 12.7. The second-order valence-electron chi connectivity index (χ2n) is 4.51. The maximum atomic E-state index is 4.20. The topological polar surface area (TPSA) is 67.1 Å². The molecular weight excluding hydrogens is 399 g/mol. The van der Waals surface area contributed by atoms with Crippen LogP contribution in [0.25, 0.3) is 0 Å². The third kappa shape index (κ3) is 4.95. The van der Waals surface area contributed by atoms with Crippen molar-refractivity contribution in [3.05, 3.63) is 33.5 Å². The highest BCUT2D eigenvalue weighted by molar-refractivity contribution is 14.0. The molecule has 2 aromatic rings. The molecule has 0 unspecified atom stereocenters. The number of hydrogen-bond acceptors (Lipinski definition) is 4. The molecule has 0 aliphatic rings. The summed E-state index contributed by atoms with van der Waals surface area (Å²) >= 11 is 1.79. The highest BCUT2D eigenvalue weighted by Crippen LogP contribution is 2.14. The van der Waals surface area contributed by atoms with Gasteiger partial charge in [0.25, 0.3) is 0 Å². The Balaban J connectivity index is 0.00000220. The molecule has 0 aliphatic carbocycles. The molecular formula is C13H21IN6S. The normalized spacial score (nSPS) is 11.1. The first-order valence-corrected chi connectivity index (χ1v) is 7.26. The molecule has 0 aromatic carbocycles. The van der Waals surface area contributed by atoms with Crippen LogP contribution in [-0.2, 0) is 20.1 Å². The molecule has 8 heteroatoms. The number of thiophene rings is 1. The van der Waals surface area contributed by atoms with Crippen molar-refractivity contribution in [2.45, 2.75) is 26.9 Å². The minimum Gasteiger partial charge on any atom is -0.352 e. The van der Waals surface area contributed by atoms with Crippen molar-refractivity contribution in [3.63, 3.8) is 0 Å². The quantitative estimate of drug-likeness (QED) is 0.451. The van der Waals surface area contributed by atoms with Crippen LogP contribution in [0.4, 0.5) is 0 Å². The van der Waals surface area contributed by atoms with E-state index in [2.05, 4.69) is 44.9 Å². The average molecular weight is 420 g/mol. The number of rotatable bonds is 4. The maximum absolute atomic E-state index is 4.20. The zero-order chi connectivity index (χ0) is 14.5. The van der Waals surface area contributed by atoms with Crippen molar-refractivity contribution >= 4 is 41.3 Å². The van der Waals surface area contributed by atoms with Crippen molar-refractivity contribution in [2.75, 3.05) is 7.05 Å². The van der Waals surface area contributed by atoms with Crippen LogP contribution in [0, 0.1) is 13.8 Å². The van der Waals surface area contributed by atoms with Gasteiger partial charge >= 0.3 is 0 Å². The van der Waals surface area contributed by atoms with E-state index >= 15 is 0 Å². The monoisotopic (exact) mass is 420 g/mol. The van der Waals surface area contributed by atoms with Gasteiger partial charge in [-0.3, -0.25) is 4.99 Å². The third-order valence-corrected chi connectivity index (χ3v) is 4.05. The average Bonchev–Trinajstić information content (AvgIpc) is 2.99. The summed E-state index contributed by atoms with van der Waals surface area (Å²) in [5.41, 5.74) is 0. The number of hydrogen-bond donors (Lipinski definition) is 2. The smallest absolute Gasteiger partial charge is 0.191 e. The van der Waals surface area contributed by atoms with E-state index in [1.807, 2.05) is 18.5 Å². The molecule has 0 spiro atoms. The van der Waals surface area contributed by atoms with Crippen LogP contribution in [-0.4, -0.2) is 27.8 Å². The highest BCUT2D eigenvalue weighted by atomic mass is 127. The van der Waals surface area contributed by atoms with Gasteiger partial charge in [0.05, 0.1) is 13.1 Å². The summed E-state index contributed by atoms with van der Waals surface area (Å²) in [5, 5.41) is 14.7. The first-order chi connectivity index (χ1) is 9.60. The number of guanidine groups is 1. The number of aromatic nitrogens is 3. The Morgan fingerprint density at radius 1 is 1.24 bits per heavy atom. The van der Waals surface area contributed by atoms with Crippen molar-refractivity contribution in [1.29, 1.82) is 0 Å². The van der Waals surface area contributed by atoms with E-state index in [1.54, 1.807) is 18.4 Å². The van der Waals surface area contributed by atoms with Crippen molar-refractivity contribution in [3.8, 4) is 0 Å². The molecule has 2 rings (SSSR count). The van der Waals surface area contributed by atoms with Gasteiger partial charge in [0, 0.05) is 23.8 Å². The lowest BCUT2D eigenvalue weighted by Gasteiger charge is -2.10. The van der Waals surface area contributed by atoms with Gasteiger partial charge in [-0.2, -0.15) is 0 Å². The van der Waals surface area contributed by atoms with E-state index in [-0.39, 0.29) is 24.0 Å². The molecule has 2 N–H and O–H groups in total. The van der Waals surface area contributed by atoms with Crippen LogP contribution in [0.15, 0.2) is 17.1 Å². The fraction of sp³-hybridized carbons (Fsp3) is 0.462. The summed E-state index contributed by atoms with van der Waals surface area (Å²) in [6.07, 6.45) is 0. The van der Waals surface area contributed by atoms with Gasteiger partial charge in [-0.05, 0) is 26.0 Å². The summed E-state index contributed by atoms with van der Waals surface area (Å²) in [4.78, 5) is 6.81. The molecule has 0 saturated carbocycles. The fourth-order valence-corrected chi connectivity index (χ4v) is 2.57. The van der Waals surface area contributed by atoms with Gasteiger partial charge in [-0.25, -0.2) is 0 Å². The number of halogens is 1.